The summed E-state index contributed by atoms with van der Waals surface area (Å²) in [5, 5.41) is 14.6. The molecule has 30 heavy (non-hydrogen) atoms. The van der Waals surface area contributed by atoms with Gasteiger partial charge in [-0.25, -0.2) is 4.79 Å². The highest BCUT2D eigenvalue weighted by Crippen LogP contribution is 2.25. The molecule has 0 saturated carbocycles. The molecule has 1 aliphatic rings. The number of nitrogens with zero attached hydrogens (tertiary/aromatic N) is 2. The zero-order valence-corrected chi connectivity index (χ0v) is 16.2. The number of nitrogens with one attached hydrogen (secondary N) is 1. The third kappa shape index (κ3) is 7.16. The lowest BCUT2D eigenvalue weighted by Gasteiger charge is -2.22. The fourth-order valence-corrected chi connectivity index (χ4v) is 2.73. The van der Waals surface area contributed by atoms with Gasteiger partial charge in [-0.15, -0.1) is 0 Å². The second-order valence-electron chi connectivity index (χ2n) is 6.37. The van der Waals surface area contributed by atoms with E-state index < -0.39 is 12.1 Å². The molecule has 0 radical (unpaired) electrons. The highest BCUT2D eigenvalue weighted by atomic mass is 19.4. The number of rotatable bonds is 6. The number of amides is 1. The molecule has 11 heteroatoms. The standard InChI is InChI=1S/C17H21N3O3.C2HF3O2/c1-22-12-16(21)18-9-15-17-14(7-8-23-15)11-20(19-17)10-13-5-3-2-4-6-13;3-2(4,5)1(6)7/h2-6,11,15H,7-10,12H2,1H3,(H,18,21);(H,6,7). The molecule has 2 N–H and O–H groups in total. The van der Waals surface area contributed by atoms with E-state index in [0.717, 1.165) is 18.7 Å². The lowest BCUT2D eigenvalue weighted by atomic mass is 10.1. The van der Waals surface area contributed by atoms with Gasteiger partial charge < -0.3 is 19.9 Å². The smallest absolute Gasteiger partial charge is 0.475 e. The summed E-state index contributed by atoms with van der Waals surface area (Å²) in [6.07, 6.45) is -2.35. The molecule has 1 aromatic heterocycles. The second kappa shape index (κ2) is 10.7. The average molecular weight is 429 g/mol. The van der Waals surface area contributed by atoms with Crippen molar-refractivity contribution in [2.45, 2.75) is 25.2 Å². The first-order chi connectivity index (χ1) is 14.2. The first-order valence-corrected chi connectivity index (χ1v) is 8.98. The molecule has 0 bridgehead atoms. The molecular formula is C19H22F3N3O5. The molecule has 1 unspecified atom stereocenters. The Kier molecular flexibility index (Phi) is 8.36. The molecule has 1 aromatic carbocycles. The van der Waals surface area contributed by atoms with Gasteiger partial charge in [0.1, 0.15) is 12.7 Å². The number of carbonyl (C=O) groups excluding carboxylic acids is 1. The topological polar surface area (TPSA) is 103 Å². The minimum Gasteiger partial charge on any atom is -0.475 e. The van der Waals surface area contributed by atoms with Gasteiger partial charge in [0, 0.05) is 19.9 Å². The van der Waals surface area contributed by atoms with E-state index in [9.17, 15) is 18.0 Å². The summed E-state index contributed by atoms with van der Waals surface area (Å²) in [7, 11) is 1.50. The van der Waals surface area contributed by atoms with Crippen LogP contribution in [-0.4, -0.2) is 59.8 Å². The van der Waals surface area contributed by atoms with Crippen LogP contribution in [0, 0.1) is 0 Å². The SMILES string of the molecule is COCC(=O)NCC1OCCc2cn(Cc3ccccc3)nc21.O=C(O)C(F)(F)F. The van der Waals surface area contributed by atoms with Crippen LogP contribution >= 0.6 is 0 Å². The molecule has 0 saturated heterocycles. The number of carboxylic acid groups (broad SMARTS) is 1. The van der Waals surface area contributed by atoms with Crippen LogP contribution in [-0.2, 0) is 32.0 Å². The van der Waals surface area contributed by atoms with E-state index in [1.807, 2.05) is 22.9 Å². The van der Waals surface area contributed by atoms with Gasteiger partial charge in [-0.05, 0) is 17.5 Å². The largest absolute Gasteiger partial charge is 0.490 e. The Bertz CT molecular complexity index is 840. The van der Waals surface area contributed by atoms with E-state index >= 15 is 0 Å². The number of aromatic nitrogens is 2. The molecule has 8 nitrogen and oxygen atoms in total. The summed E-state index contributed by atoms with van der Waals surface area (Å²) in [5.41, 5.74) is 3.32. The summed E-state index contributed by atoms with van der Waals surface area (Å²) < 4.78 is 44.3. The minimum absolute atomic E-state index is 0.0576. The zero-order valence-electron chi connectivity index (χ0n) is 16.2. The normalized spacial score (nSPS) is 15.5. The first kappa shape index (κ1) is 23.4. The Balaban J connectivity index is 0.000000396. The van der Waals surface area contributed by atoms with Crippen molar-refractivity contribution in [1.29, 1.82) is 0 Å². The maximum Gasteiger partial charge on any atom is 0.490 e. The van der Waals surface area contributed by atoms with E-state index in [2.05, 4.69) is 28.7 Å². The van der Waals surface area contributed by atoms with Gasteiger partial charge >= 0.3 is 12.1 Å². The summed E-state index contributed by atoms with van der Waals surface area (Å²) in [5.74, 6) is -2.90. The van der Waals surface area contributed by atoms with Crippen LogP contribution in [0.5, 0.6) is 0 Å². The quantitative estimate of drug-likeness (QED) is 0.728. The van der Waals surface area contributed by atoms with E-state index in [4.69, 9.17) is 19.4 Å². The van der Waals surface area contributed by atoms with Gasteiger partial charge in [0.25, 0.3) is 0 Å². The van der Waals surface area contributed by atoms with E-state index in [1.165, 1.54) is 18.2 Å². The van der Waals surface area contributed by atoms with E-state index in [0.29, 0.717) is 13.2 Å². The summed E-state index contributed by atoms with van der Waals surface area (Å²) in [4.78, 5) is 20.4. The van der Waals surface area contributed by atoms with Crippen LogP contribution < -0.4 is 5.32 Å². The maximum atomic E-state index is 11.5. The molecule has 2 aromatic rings. The van der Waals surface area contributed by atoms with Crippen molar-refractivity contribution in [3.8, 4) is 0 Å². The van der Waals surface area contributed by atoms with Crippen LogP contribution in [0.3, 0.4) is 0 Å². The molecule has 3 rings (SSSR count). The Morgan fingerprint density at radius 1 is 1.33 bits per heavy atom. The van der Waals surface area contributed by atoms with Crippen LogP contribution in [0.25, 0.3) is 0 Å². The molecule has 0 spiro atoms. The fourth-order valence-electron chi connectivity index (χ4n) is 2.73. The van der Waals surface area contributed by atoms with Gasteiger partial charge in [0.2, 0.25) is 5.91 Å². The summed E-state index contributed by atoms with van der Waals surface area (Å²) >= 11 is 0. The third-order valence-corrected chi connectivity index (χ3v) is 4.06. The van der Waals surface area contributed by atoms with Crippen molar-refractivity contribution in [2.75, 3.05) is 26.9 Å². The Hall–Kier alpha value is -2.92. The number of carboxylic acids is 1. The molecule has 164 valence electrons. The number of hydrogen-bond donors (Lipinski definition) is 2. The predicted molar refractivity (Wildman–Crippen MR) is 98.7 cm³/mol. The lowest BCUT2D eigenvalue weighted by Crippen LogP contribution is -2.33. The van der Waals surface area contributed by atoms with E-state index in [1.54, 1.807) is 0 Å². The molecule has 1 atom stereocenters. The predicted octanol–water partition coefficient (Wildman–Crippen LogP) is 1.94. The van der Waals surface area contributed by atoms with Gasteiger partial charge in [0.15, 0.2) is 0 Å². The van der Waals surface area contributed by atoms with Gasteiger partial charge in [-0.2, -0.15) is 18.3 Å². The van der Waals surface area contributed by atoms with Gasteiger partial charge in [0.05, 0.1) is 18.8 Å². The highest BCUT2D eigenvalue weighted by molar-refractivity contribution is 5.77. The Morgan fingerprint density at radius 3 is 2.60 bits per heavy atom. The van der Waals surface area contributed by atoms with Crippen molar-refractivity contribution in [3.63, 3.8) is 0 Å². The number of methoxy groups -OCH3 is 1. The average Bonchev–Trinajstić information content (AvgIpc) is 3.10. The summed E-state index contributed by atoms with van der Waals surface area (Å²) in [6, 6.07) is 10.2. The van der Waals surface area contributed by atoms with Crippen LogP contribution in [0.1, 0.15) is 22.9 Å². The van der Waals surface area contributed by atoms with Gasteiger partial charge in [-0.3, -0.25) is 9.48 Å². The molecule has 1 amide bonds. The number of aliphatic carboxylic acids is 1. The molecule has 1 aliphatic heterocycles. The first-order valence-electron chi connectivity index (χ1n) is 8.98. The van der Waals surface area contributed by atoms with Crippen molar-refractivity contribution in [2.24, 2.45) is 0 Å². The van der Waals surface area contributed by atoms with Crippen LogP contribution in [0.2, 0.25) is 0 Å². The number of ether oxygens (including phenoxy) is 2. The summed E-state index contributed by atoms with van der Waals surface area (Å²) in [6.45, 7) is 1.85. The Morgan fingerprint density at radius 2 is 2.00 bits per heavy atom. The number of halogens is 3. The Labute approximate surface area is 170 Å². The molecule has 2 heterocycles. The van der Waals surface area contributed by atoms with Crippen LogP contribution in [0.15, 0.2) is 36.5 Å². The molecular weight excluding hydrogens is 407 g/mol. The van der Waals surface area contributed by atoms with Gasteiger partial charge in [-0.1, -0.05) is 30.3 Å². The van der Waals surface area contributed by atoms with Crippen molar-refractivity contribution in [1.82, 2.24) is 15.1 Å². The number of carbonyl (C=O) groups is 2. The molecule has 0 fully saturated rings. The zero-order chi connectivity index (χ0) is 22.1. The number of benzene rings is 1. The number of hydrogen-bond acceptors (Lipinski definition) is 5. The lowest BCUT2D eigenvalue weighted by molar-refractivity contribution is -0.192. The van der Waals surface area contributed by atoms with E-state index in [-0.39, 0.29) is 18.6 Å². The number of alkyl halides is 3. The second-order valence-corrected chi connectivity index (χ2v) is 6.37. The monoisotopic (exact) mass is 429 g/mol. The maximum absolute atomic E-state index is 11.5. The fraction of sp³-hybridized carbons (Fsp3) is 0.421. The van der Waals surface area contributed by atoms with Crippen molar-refractivity contribution in [3.05, 3.63) is 53.3 Å². The highest BCUT2D eigenvalue weighted by Gasteiger charge is 2.38. The minimum atomic E-state index is -5.08. The number of fused-ring (bicyclic) bond motifs is 1. The molecule has 0 aliphatic carbocycles. The van der Waals surface area contributed by atoms with Crippen molar-refractivity contribution < 1.29 is 37.3 Å². The van der Waals surface area contributed by atoms with Crippen LogP contribution in [0.4, 0.5) is 13.2 Å². The van der Waals surface area contributed by atoms with Crippen molar-refractivity contribution >= 4 is 11.9 Å². The third-order valence-electron chi connectivity index (χ3n) is 4.06.